The first-order valence-corrected chi connectivity index (χ1v) is 7.55. The third kappa shape index (κ3) is 3.17. The van der Waals surface area contributed by atoms with Crippen LogP contribution in [0.1, 0.15) is 25.7 Å². The van der Waals surface area contributed by atoms with Gasteiger partial charge in [-0.15, -0.1) is 0 Å². The van der Waals surface area contributed by atoms with Crippen LogP contribution in [0.5, 0.6) is 5.75 Å². The van der Waals surface area contributed by atoms with Gasteiger partial charge in [-0.3, -0.25) is 9.59 Å². The Morgan fingerprint density at radius 2 is 1.76 bits per heavy atom. The zero-order valence-corrected chi connectivity index (χ0v) is 12.1. The normalized spacial score (nSPS) is 18.4. The molecule has 112 valence electrons. The summed E-state index contributed by atoms with van der Waals surface area (Å²) < 4.78 is 5.53. The number of carbonyl (C=O) groups excluding carboxylic acids is 2. The van der Waals surface area contributed by atoms with Gasteiger partial charge in [-0.2, -0.15) is 0 Å². The Morgan fingerprint density at radius 1 is 1.05 bits per heavy atom. The van der Waals surface area contributed by atoms with Gasteiger partial charge < -0.3 is 14.5 Å². The second kappa shape index (κ2) is 6.16. The zero-order valence-electron chi connectivity index (χ0n) is 12.1. The summed E-state index contributed by atoms with van der Waals surface area (Å²) in [5.74, 6) is 0.886. The molecule has 2 heterocycles. The van der Waals surface area contributed by atoms with Gasteiger partial charge in [-0.05, 0) is 43.5 Å². The van der Waals surface area contributed by atoms with Crippen LogP contribution in [0.3, 0.4) is 0 Å². The van der Waals surface area contributed by atoms with Gasteiger partial charge in [-0.25, -0.2) is 0 Å². The van der Waals surface area contributed by atoms with E-state index in [1.165, 1.54) is 0 Å². The molecule has 5 heteroatoms. The van der Waals surface area contributed by atoms with E-state index in [2.05, 4.69) is 0 Å². The van der Waals surface area contributed by atoms with Crippen LogP contribution >= 0.6 is 0 Å². The van der Waals surface area contributed by atoms with Gasteiger partial charge in [0.1, 0.15) is 5.75 Å². The largest absolute Gasteiger partial charge is 0.484 e. The molecule has 0 aromatic heterocycles. The van der Waals surface area contributed by atoms with E-state index < -0.39 is 0 Å². The van der Waals surface area contributed by atoms with Gasteiger partial charge in [0.15, 0.2) is 6.61 Å². The van der Waals surface area contributed by atoms with Crippen LogP contribution in [0.2, 0.25) is 0 Å². The van der Waals surface area contributed by atoms with Crippen molar-refractivity contribution in [1.82, 2.24) is 4.90 Å². The second-order valence-corrected chi connectivity index (χ2v) is 5.52. The number of hydrogen-bond acceptors (Lipinski definition) is 3. The third-order valence-corrected chi connectivity index (χ3v) is 4.04. The number of ether oxygens (including phenoxy) is 1. The highest BCUT2D eigenvalue weighted by Gasteiger charge is 2.21. The Morgan fingerprint density at radius 3 is 2.38 bits per heavy atom. The predicted octanol–water partition coefficient (Wildman–Crippen LogP) is 1.81. The van der Waals surface area contributed by atoms with E-state index in [4.69, 9.17) is 4.74 Å². The molecule has 2 fully saturated rings. The molecule has 21 heavy (non-hydrogen) atoms. The topological polar surface area (TPSA) is 49.9 Å². The molecule has 0 unspecified atom stereocenters. The summed E-state index contributed by atoms with van der Waals surface area (Å²) >= 11 is 0. The Balaban J connectivity index is 1.54. The summed E-state index contributed by atoms with van der Waals surface area (Å²) in [5.41, 5.74) is 0.899. The lowest BCUT2D eigenvalue weighted by atomic mass is 10.3. The molecule has 0 radical (unpaired) electrons. The summed E-state index contributed by atoms with van der Waals surface area (Å²) in [6.45, 7) is 2.56. The maximum Gasteiger partial charge on any atom is 0.260 e. The summed E-state index contributed by atoms with van der Waals surface area (Å²) in [6.07, 6.45) is 3.72. The number of hydrogen-bond donors (Lipinski definition) is 0. The third-order valence-electron chi connectivity index (χ3n) is 4.04. The molecule has 3 rings (SSSR count). The van der Waals surface area contributed by atoms with Crippen molar-refractivity contribution >= 4 is 17.5 Å². The minimum atomic E-state index is 0.0475. The number of carbonyl (C=O) groups is 2. The van der Waals surface area contributed by atoms with Crippen molar-refractivity contribution in [3.8, 4) is 5.75 Å². The van der Waals surface area contributed by atoms with Gasteiger partial charge in [0.25, 0.3) is 5.91 Å². The fourth-order valence-corrected chi connectivity index (χ4v) is 2.85. The quantitative estimate of drug-likeness (QED) is 0.849. The number of benzene rings is 1. The van der Waals surface area contributed by atoms with Gasteiger partial charge >= 0.3 is 0 Å². The standard InChI is InChI=1S/C16H20N2O3/c19-15-4-3-11-18(15)13-5-7-14(8-6-13)21-12-16(20)17-9-1-2-10-17/h5-8H,1-4,9-12H2. The number of anilines is 1. The zero-order chi connectivity index (χ0) is 14.7. The molecule has 1 aromatic rings. The molecule has 5 nitrogen and oxygen atoms in total. The fourth-order valence-electron chi connectivity index (χ4n) is 2.85. The van der Waals surface area contributed by atoms with Gasteiger partial charge in [0, 0.05) is 31.7 Å². The average molecular weight is 288 g/mol. The van der Waals surface area contributed by atoms with Crippen LogP contribution in [0, 0.1) is 0 Å². The molecule has 1 aromatic carbocycles. The molecule has 0 spiro atoms. The predicted molar refractivity (Wildman–Crippen MR) is 79.3 cm³/mol. The van der Waals surface area contributed by atoms with Gasteiger partial charge in [0.2, 0.25) is 5.91 Å². The summed E-state index contributed by atoms with van der Waals surface area (Å²) in [7, 11) is 0. The molecular formula is C16H20N2O3. The Hall–Kier alpha value is -2.04. The highest BCUT2D eigenvalue weighted by molar-refractivity contribution is 5.95. The Bertz CT molecular complexity index is 521. The van der Waals surface area contributed by atoms with E-state index in [1.807, 2.05) is 29.2 Å². The van der Waals surface area contributed by atoms with Crippen molar-refractivity contribution < 1.29 is 14.3 Å². The van der Waals surface area contributed by atoms with Crippen LogP contribution in [-0.4, -0.2) is 43.0 Å². The lowest BCUT2D eigenvalue weighted by molar-refractivity contribution is -0.132. The van der Waals surface area contributed by atoms with Crippen molar-refractivity contribution in [3.05, 3.63) is 24.3 Å². The van der Waals surface area contributed by atoms with E-state index in [9.17, 15) is 9.59 Å². The molecule has 2 aliphatic heterocycles. The highest BCUT2D eigenvalue weighted by Crippen LogP contribution is 2.23. The molecule has 0 bridgehead atoms. The Kier molecular flexibility index (Phi) is 4.08. The molecule has 2 saturated heterocycles. The number of rotatable bonds is 4. The molecule has 0 N–H and O–H groups in total. The van der Waals surface area contributed by atoms with Crippen LogP contribution in [-0.2, 0) is 9.59 Å². The van der Waals surface area contributed by atoms with Gasteiger partial charge in [0.05, 0.1) is 0 Å². The second-order valence-electron chi connectivity index (χ2n) is 5.52. The summed E-state index contributed by atoms with van der Waals surface area (Å²) in [5, 5.41) is 0. The molecular weight excluding hydrogens is 268 g/mol. The smallest absolute Gasteiger partial charge is 0.260 e. The molecule has 0 atom stereocenters. The minimum Gasteiger partial charge on any atom is -0.484 e. The van der Waals surface area contributed by atoms with Crippen LogP contribution in [0.15, 0.2) is 24.3 Å². The van der Waals surface area contributed by atoms with Crippen molar-refractivity contribution in [2.24, 2.45) is 0 Å². The molecule has 0 saturated carbocycles. The van der Waals surface area contributed by atoms with E-state index in [0.29, 0.717) is 12.2 Å². The summed E-state index contributed by atoms with van der Waals surface area (Å²) in [6, 6.07) is 7.38. The van der Waals surface area contributed by atoms with Crippen LogP contribution in [0.25, 0.3) is 0 Å². The first-order valence-electron chi connectivity index (χ1n) is 7.55. The molecule has 2 amide bonds. The first kappa shape index (κ1) is 13.9. The Labute approximate surface area is 124 Å². The van der Waals surface area contributed by atoms with Crippen molar-refractivity contribution in [2.45, 2.75) is 25.7 Å². The van der Waals surface area contributed by atoms with Crippen molar-refractivity contribution in [3.63, 3.8) is 0 Å². The highest BCUT2D eigenvalue weighted by atomic mass is 16.5. The van der Waals surface area contributed by atoms with E-state index in [1.54, 1.807) is 4.90 Å². The fraction of sp³-hybridized carbons (Fsp3) is 0.500. The van der Waals surface area contributed by atoms with E-state index in [0.717, 1.165) is 44.6 Å². The average Bonchev–Trinajstić information content (AvgIpc) is 3.17. The monoisotopic (exact) mass is 288 g/mol. The number of nitrogens with zero attached hydrogens (tertiary/aromatic N) is 2. The maximum atomic E-state index is 11.9. The van der Waals surface area contributed by atoms with Crippen LogP contribution < -0.4 is 9.64 Å². The van der Waals surface area contributed by atoms with E-state index in [-0.39, 0.29) is 18.4 Å². The SMILES string of the molecule is O=C(COc1ccc(N2CCCC2=O)cc1)N1CCCC1. The van der Waals surface area contributed by atoms with Crippen molar-refractivity contribution in [1.29, 1.82) is 0 Å². The molecule has 0 aliphatic carbocycles. The summed E-state index contributed by atoms with van der Waals surface area (Å²) in [4.78, 5) is 27.2. The lowest BCUT2D eigenvalue weighted by Gasteiger charge is -2.17. The van der Waals surface area contributed by atoms with Crippen LogP contribution in [0.4, 0.5) is 5.69 Å². The first-order chi connectivity index (χ1) is 10.2. The minimum absolute atomic E-state index is 0.0475. The molecule has 2 aliphatic rings. The van der Waals surface area contributed by atoms with Gasteiger partial charge in [-0.1, -0.05) is 0 Å². The maximum absolute atomic E-state index is 11.9. The number of likely N-dealkylation sites (tertiary alicyclic amines) is 1. The number of amides is 2. The lowest BCUT2D eigenvalue weighted by Crippen LogP contribution is -2.32. The van der Waals surface area contributed by atoms with Crippen molar-refractivity contribution in [2.75, 3.05) is 31.1 Å². The van der Waals surface area contributed by atoms with E-state index >= 15 is 0 Å².